The van der Waals surface area contributed by atoms with Crippen LogP contribution in [0, 0.1) is 5.82 Å². The first-order chi connectivity index (χ1) is 11.6. The van der Waals surface area contributed by atoms with Crippen molar-refractivity contribution in [2.75, 3.05) is 5.32 Å². The lowest BCUT2D eigenvalue weighted by Gasteiger charge is -2.17. The average molecular weight is 325 g/mol. The van der Waals surface area contributed by atoms with Crippen molar-refractivity contribution in [3.63, 3.8) is 0 Å². The van der Waals surface area contributed by atoms with Gasteiger partial charge < -0.3 is 5.32 Å². The van der Waals surface area contributed by atoms with Gasteiger partial charge in [-0.3, -0.25) is 9.78 Å². The van der Waals surface area contributed by atoms with Gasteiger partial charge in [-0.15, -0.1) is 5.10 Å². The second-order valence-electron chi connectivity index (χ2n) is 5.38. The molecule has 1 atom stereocenters. The van der Waals surface area contributed by atoms with E-state index < -0.39 is 0 Å². The van der Waals surface area contributed by atoms with Gasteiger partial charge in [0.15, 0.2) is 17.3 Å². The molecule has 0 radical (unpaired) electrons. The predicted octanol–water partition coefficient (Wildman–Crippen LogP) is 3.18. The predicted molar refractivity (Wildman–Crippen MR) is 87.6 cm³/mol. The molecule has 0 fully saturated rings. The molecule has 2 aromatic heterocycles. The van der Waals surface area contributed by atoms with Gasteiger partial charge >= 0.3 is 0 Å². The number of aromatic nitrogens is 4. The fraction of sp³-hybridized carbons (Fsp3) is 0.176. The minimum Gasteiger partial charge on any atom is -0.361 e. The van der Waals surface area contributed by atoms with Crippen LogP contribution in [0.3, 0.4) is 0 Å². The molecule has 1 unspecified atom stereocenters. The Morgan fingerprint density at radius 3 is 2.46 bits per heavy atom. The van der Waals surface area contributed by atoms with Crippen molar-refractivity contribution in [3.8, 4) is 5.69 Å². The van der Waals surface area contributed by atoms with Gasteiger partial charge in [-0.2, -0.15) is 4.68 Å². The van der Waals surface area contributed by atoms with Gasteiger partial charge in [0.25, 0.3) is 0 Å². The Balaban J connectivity index is 2.00. The summed E-state index contributed by atoms with van der Waals surface area (Å²) in [6.07, 6.45) is 3.41. The first-order valence-electron chi connectivity index (χ1n) is 7.45. The van der Waals surface area contributed by atoms with Crippen LogP contribution in [0.4, 0.5) is 10.2 Å². The number of halogens is 1. The minimum absolute atomic E-state index is 0.0937. The summed E-state index contributed by atoms with van der Waals surface area (Å²) < 4.78 is 14.6. The molecular formula is C17H16FN5O. The van der Waals surface area contributed by atoms with Gasteiger partial charge in [-0.1, -0.05) is 5.21 Å². The van der Waals surface area contributed by atoms with Crippen LogP contribution in [0.1, 0.15) is 35.9 Å². The lowest BCUT2D eigenvalue weighted by Crippen LogP contribution is -2.13. The molecule has 0 aliphatic rings. The van der Waals surface area contributed by atoms with Gasteiger partial charge in [-0.25, -0.2) is 4.39 Å². The van der Waals surface area contributed by atoms with E-state index in [-0.39, 0.29) is 23.3 Å². The third-order valence-electron chi connectivity index (χ3n) is 3.63. The van der Waals surface area contributed by atoms with E-state index in [1.807, 2.05) is 19.1 Å². The molecule has 0 saturated carbocycles. The van der Waals surface area contributed by atoms with Crippen LogP contribution in [0.2, 0.25) is 0 Å². The van der Waals surface area contributed by atoms with Gasteiger partial charge in [0.05, 0.1) is 11.7 Å². The monoisotopic (exact) mass is 325 g/mol. The van der Waals surface area contributed by atoms with Crippen LogP contribution >= 0.6 is 0 Å². The number of nitrogens with one attached hydrogen (secondary N) is 1. The molecule has 1 aromatic carbocycles. The van der Waals surface area contributed by atoms with Crippen molar-refractivity contribution >= 4 is 11.6 Å². The topological polar surface area (TPSA) is 72.7 Å². The van der Waals surface area contributed by atoms with Crippen molar-refractivity contribution in [3.05, 3.63) is 65.9 Å². The van der Waals surface area contributed by atoms with E-state index in [2.05, 4.69) is 20.6 Å². The van der Waals surface area contributed by atoms with E-state index in [4.69, 9.17) is 0 Å². The van der Waals surface area contributed by atoms with Crippen molar-refractivity contribution < 1.29 is 9.18 Å². The third kappa shape index (κ3) is 3.15. The lowest BCUT2D eigenvalue weighted by molar-refractivity contribution is 0.101. The highest BCUT2D eigenvalue weighted by Gasteiger charge is 2.20. The number of Topliss-reactive ketones (excluding diaryl/α,β-unsaturated/α-hetero) is 1. The van der Waals surface area contributed by atoms with Crippen LogP contribution in [0.15, 0.2) is 48.8 Å². The molecule has 2 heterocycles. The molecule has 0 spiro atoms. The van der Waals surface area contributed by atoms with E-state index in [0.29, 0.717) is 11.5 Å². The van der Waals surface area contributed by atoms with E-state index >= 15 is 0 Å². The smallest absolute Gasteiger partial charge is 0.183 e. The Morgan fingerprint density at radius 2 is 1.83 bits per heavy atom. The number of nitrogens with zero attached hydrogens (tertiary/aromatic N) is 4. The largest absolute Gasteiger partial charge is 0.361 e. The van der Waals surface area contributed by atoms with Crippen molar-refractivity contribution in [1.82, 2.24) is 20.0 Å². The van der Waals surface area contributed by atoms with E-state index in [0.717, 1.165) is 5.56 Å². The summed E-state index contributed by atoms with van der Waals surface area (Å²) in [5.74, 6) is -0.0727. The molecule has 0 bridgehead atoms. The summed E-state index contributed by atoms with van der Waals surface area (Å²) in [5.41, 5.74) is 1.85. The normalized spacial score (nSPS) is 12.0. The fourth-order valence-electron chi connectivity index (χ4n) is 2.35. The molecule has 0 amide bonds. The van der Waals surface area contributed by atoms with E-state index in [1.54, 1.807) is 24.5 Å². The number of hydrogen-bond donors (Lipinski definition) is 1. The first-order valence-corrected chi connectivity index (χ1v) is 7.45. The van der Waals surface area contributed by atoms with Gasteiger partial charge in [0, 0.05) is 19.3 Å². The number of benzene rings is 1. The number of pyridine rings is 1. The SMILES string of the molecule is CC(=O)c1nnn(-c2ccc(F)cc2)c1NC(C)c1ccncc1. The number of anilines is 1. The third-order valence-corrected chi connectivity index (χ3v) is 3.63. The Kier molecular flexibility index (Phi) is 4.33. The average Bonchev–Trinajstić information content (AvgIpc) is 3.00. The number of ketones is 1. The Bertz CT molecular complexity index is 845. The fourth-order valence-corrected chi connectivity index (χ4v) is 2.35. The number of carbonyl (C=O) groups excluding carboxylic acids is 1. The zero-order valence-corrected chi connectivity index (χ0v) is 13.3. The summed E-state index contributed by atoms with van der Waals surface area (Å²) >= 11 is 0. The highest BCUT2D eigenvalue weighted by atomic mass is 19.1. The molecular weight excluding hydrogens is 309 g/mol. The van der Waals surface area contributed by atoms with E-state index in [9.17, 15) is 9.18 Å². The lowest BCUT2D eigenvalue weighted by atomic mass is 10.1. The summed E-state index contributed by atoms with van der Waals surface area (Å²) in [5, 5.41) is 11.3. The Labute approximate surface area is 138 Å². The molecule has 6 nitrogen and oxygen atoms in total. The zero-order chi connectivity index (χ0) is 17.1. The summed E-state index contributed by atoms with van der Waals surface area (Å²) in [6.45, 7) is 3.39. The maximum atomic E-state index is 13.1. The maximum Gasteiger partial charge on any atom is 0.183 e. The van der Waals surface area contributed by atoms with Crippen LogP contribution in [-0.4, -0.2) is 25.8 Å². The molecule has 3 aromatic rings. The maximum absolute atomic E-state index is 13.1. The molecule has 122 valence electrons. The van der Waals surface area contributed by atoms with Crippen LogP contribution in [0.25, 0.3) is 5.69 Å². The van der Waals surface area contributed by atoms with Crippen LogP contribution in [-0.2, 0) is 0 Å². The number of hydrogen-bond acceptors (Lipinski definition) is 5. The highest BCUT2D eigenvalue weighted by Crippen LogP contribution is 2.24. The molecule has 0 saturated heterocycles. The summed E-state index contributed by atoms with van der Waals surface area (Å²) in [4.78, 5) is 15.9. The Hall–Kier alpha value is -3.09. The quantitative estimate of drug-likeness (QED) is 0.729. The standard InChI is InChI=1S/C17H16FN5O/c1-11(13-7-9-19-10-8-13)20-17-16(12(2)24)21-22-23(17)15-5-3-14(18)4-6-15/h3-11,20H,1-2H3. The molecule has 3 rings (SSSR count). The Morgan fingerprint density at radius 1 is 1.17 bits per heavy atom. The second-order valence-corrected chi connectivity index (χ2v) is 5.38. The number of rotatable bonds is 5. The van der Waals surface area contributed by atoms with Gasteiger partial charge in [0.2, 0.25) is 0 Å². The summed E-state index contributed by atoms with van der Waals surface area (Å²) in [6, 6.07) is 9.51. The van der Waals surface area contributed by atoms with Crippen LogP contribution in [0.5, 0.6) is 0 Å². The molecule has 0 aliphatic heterocycles. The second kappa shape index (κ2) is 6.57. The summed E-state index contributed by atoms with van der Waals surface area (Å²) in [7, 11) is 0. The molecule has 0 aliphatic carbocycles. The molecule has 24 heavy (non-hydrogen) atoms. The number of carbonyl (C=O) groups is 1. The minimum atomic E-state index is -0.342. The van der Waals surface area contributed by atoms with Crippen molar-refractivity contribution in [2.45, 2.75) is 19.9 Å². The van der Waals surface area contributed by atoms with Gasteiger partial charge in [0.1, 0.15) is 5.82 Å². The van der Waals surface area contributed by atoms with Crippen molar-refractivity contribution in [2.24, 2.45) is 0 Å². The van der Waals surface area contributed by atoms with Gasteiger partial charge in [-0.05, 0) is 48.9 Å². The zero-order valence-electron chi connectivity index (χ0n) is 13.3. The highest BCUT2D eigenvalue weighted by molar-refractivity contribution is 5.96. The first kappa shape index (κ1) is 15.8. The van der Waals surface area contributed by atoms with E-state index in [1.165, 1.54) is 23.7 Å². The van der Waals surface area contributed by atoms with Crippen LogP contribution < -0.4 is 5.32 Å². The molecule has 7 heteroatoms. The van der Waals surface area contributed by atoms with Crippen molar-refractivity contribution in [1.29, 1.82) is 0 Å². The molecule has 1 N–H and O–H groups in total.